The van der Waals surface area contributed by atoms with Crippen LogP contribution in [0.15, 0.2) is 65.8 Å². The van der Waals surface area contributed by atoms with Gasteiger partial charge in [0.1, 0.15) is 5.75 Å². The molecule has 1 atom stereocenters. The van der Waals surface area contributed by atoms with Gasteiger partial charge in [0.05, 0.1) is 11.2 Å². The van der Waals surface area contributed by atoms with E-state index in [9.17, 15) is 8.78 Å². The lowest BCUT2D eigenvalue weighted by Gasteiger charge is -2.22. The van der Waals surface area contributed by atoms with Crippen LogP contribution in [0.5, 0.6) is 5.75 Å². The molecule has 1 saturated heterocycles. The van der Waals surface area contributed by atoms with E-state index in [1.54, 1.807) is 31.4 Å². The first-order valence-electron chi connectivity index (χ1n) is 10.2. The quantitative estimate of drug-likeness (QED) is 0.269. The molecule has 2 heterocycles. The van der Waals surface area contributed by atoms with Gasteiger partial charge in [-0.1, -0.05) is 36.4 Å². The number of nitrogens with zero attached hydrogens (tertiary/aromatic N) is 3. The summed E-state index contributed by atoms with van der Waals surface area (Å²) >= 11 is 0. The number of halogens is 3. The van der Waals surface area contributed by atoms with Gasteiger partial charge in [0.2, 0.25) is 0 Å². The van der Waals surface area contributed by atoms with Crippen molar-refractivity contribution in [1.29, 1.82) is 0 Å². The third-order valence-corrected chi connectivity index (χ3v) is 5.34. The number of para-hydroxylation sites is 3. The zero-order chi connectivity index (χ0) is 21.6. The van der Waals surface area contributed by atoms with Gasteiger partial charge in [-0.15, -0.1) is 24.0 Å². The summed E-state index contributed by atoms with van der Waals surface area (Å²) in [6.45, 7) is -0.842. The van der Waals surface area contributed by atoms with Gasteiger partial charge in [-0.2, -0.15) is 8.78 Å². The predicted octanol–water partition coefficient (Wildman–Crippen LogP) is 4.40. The summed E-state index contributed by atoms with van der Waals surface area (Å²) in [5.74, 6) is 0.890. The molecular weight excluding hydrogens is 527 g/mol. The van der Waals surface area contributed by atoms with Gasteiger partial charge in [0, 0.05) is 44.3 Å². The average molecular weight is 553 g/mol. The molecule has 32 heavy (non-hydrogen) atoms. The molecule has 3 aromatic rings. The van der Waals surface area contributed by atoms with Crippen molar-refractivity contribution in [3.05, 3.63) is 66.4 Å². The fraction of sp³-hybridized carbons (Fsp3) is 0.304. The number of benzene rings is 2. The number of aromatic nitrogens is 1. The molecule has 1 aliphatic rings. The maximum absolute atomic E-state index is 12.7. The van der Waals surface area contributed by atoms with Gasteiger partial charge in [0.25, 0.3) is 0 Å². The Morgan fingerprint density at radius 2 is 2.00 bits per heavy atom. The molecule has 4 rings (SSSR count). The fourth-order valence-corrected chi connectivity index (χ4v) is 3.89. The van der Waals surface area contributed by atoms with Gasteiger partial charge in [-0.25, -0.2) is 0 Å². The molecule has 1 fully saturated rings. The lowest BCUT2D eigenvalue weighted by Crippen LogP contribution is -2.44. The van der Waals surface area contributed by atoms with Crippen LogP contribution in [0.4, 0.5) is 14.5 Å². The monoisotopic (exact) mass is 553 g/mol. The molecule has 1 unspecified atom stereocenters. The molecule has 2 aromatic carbocycles. The number of hydrogen-bond acceptors (Lipinski definition) is 4. The van der Waals surface area contributed by atoms with Crippen LogP contribution in [0.25, 0.3) is 10.9 Å². The summed E-state index contributed by atoms with van der Waals surface area (Å²) in [6, 6.07) is 17.1. The lowest BCUT2D eigenvalue weighted by atomic mass is 10.1. The number of aliphatic imine (C=N–C) groups is 1. The van der Waals surface area contributed by atoms with Crippen LogP contribution in [-0.2, 0) is 6.54 Å². The third-order valence-electron chi connectivity index (χ3n) is 5.34. The third kappa shape index (κ3) is 5.76. The van der Waals surface area contributed by atoms with Crippen molar-refractivity contribution in [1.82, 2.24) is 15.6 Å². The number of rotatable bonds is 6. The first-order chi connectivity index (χ1) is 15.1. The highest BCUT2D eigenvalue weighted by Gasteiger charge is 2.26. The van der Waals surface area contributed by atoms with Crippen LogP contribution in [0.3, 0.4) is 0 Å². The van der Waals surface area contributed by atoms with Crippen LogP contribution < -0.4 is 20.3 Å². The number of pyridine rings is 1. The molecule has 170 valence electrons. The summed E-state index contributed by atoms with van der Waals surface area (Å²) in [5, 5.41) is 7.88. The molecule has 0 aliphatic carbocycles. The smallest absolute Gasteiger partial charge is 0.387 e. The number of ether oxygens (including phenoxy) is 1. The summed E-state index contributed by atoms with van der Waals surface area (Å²) in [7, 11) is 1.73. The molecule has 0 bridgehead atoms. The topological polar surface area (TPSA) is 61.8 Å². The van der Waals surface area contributed by atoms with Crippen molar-refractivity contribution in [2.24, 2.45) is 4.99 Å². The zero-order valence-corrected chi connectivity index (χ0v) is 20.0. The van der Waals surface area contributed by atoms with Crippen LogP contribution >= 0.6 is 24.0 Å². The molecule has 9 heteroatoms. The van der Waals surface area contributed by atoms with Crippen LogP contribution in [0.2, 0.25) is 0 Å². The van der Waals surface area contributed by atoms with Crippen molar-refractivity contribution >= 4 is 46.5 Å². The highest BCUT2D eigenvalue weighted by atomic mass is 127. The summed E-state index contributed by atoms with van der Waals surface area (Å²) < 4.78 is 30.1. The van der Waals surface area contributed by atoms with Gasteiger partial charge < -0.3 is 20.3 Å². The number of guanidine groups is 1. The maximum Gasteiger partial charge on any atom is 0.387 e. The van der Waals surface area contributed by atoms with Crippen LogP contribution in [0, 0.1) is 0 Å². The summed E-state index contributed by atoms with van der Waals surface area (Å²) in [4.78, 5) is 10.9. The number of nitrogens with one attached hydrogen (secondary N) is 2. The normalized spacial score (nSPS) is 16.2. The Bertz CT molecular complexity index is 1060. The minimum Gasteiger partial charge on any atom is -0.433 e. The van der Waals surface area contributed by atoms with E-state index in [1.807, 2.05) is 36.4 Å². The standard InChI is InChI=1S/C23H25F2N5O.HI/c1-26-23(28-14-17-7-4-6-16-8-5-12-27-21(16)17)29-18-11-13-30(15-18)19-9-2-3-10-20(19)31-22(24)25;/h2-10,12,18,22H,11,13-15H2,1H3,(H2,26,28,29);1H. The zero-order valence-electron chi connectivity index (χ0n) is 17.7. The molecule has 0 amide bonds. The highest BCUT2D eigenvalue weighted by molar-refractivity contribution is 14.0. The number of hydrogen-bond donors (Lipinski definition) is 2. The van der Waals surface area contributed by atoms with E-state index in [0.29, 0.717) is 24.7 Å². The Balaban J connectivity index is 0.00000289. The van der Waals surface area contributed by atoms with E-state index in [0.717, 1.165) is 29.4 Å². The van der Waals surface area contributed by atoms with Crippen molar-refractivity contribution in [2.45, 2.75) is 25.6 Å². The average Bonchev–Trinajstić information content (AvgIpc) is 3.25. The van der Waals surface area contributed by atoms with Crippen LogP contribution in [-0.4, -0.2) is 43.7 Å². The summed E-state index contributed by atoms with van der Waals surface area (Å²) in [5.41, 5.74) is 2.74. The first kappa shape index (κ1) is 24.0. The van der Waals surface area contributed by atoms with Crippen molar-refractivity contribution in [3.8, 4) is 5.75 Å². The Hall–Kier alpha value is -2.69. The van der Waals surface area contributed by atoms with Gasteiger partial charge in [0.15, 0.2) is 5.96 Å². The Labute approximate surface area is 203 Å². The van der Waals surface area contributed by atoms with E-state index in [2.05, 4.69) is 30.2 Å². The minimum atomic E-state index is -2.84. The molecule has 0 spiro atoms. The number of anilines is 1. The number of alkyl halides is 2. The molecule has 6 nitrogen and oxygen atoms in total. The molecule has 1 aliphatic heterocycles. The van der Waals surface area contributed by atoms with E-state index in [4.69, 9.17) is 0 Å². The Morgan fingerprint density at radius 3 is 2.81 bits per heavy atom. The second kappa shape index (κ2) is 11.3. The molecule has 2 N–H and O–H groups in total. The molecule has 1 aromatic heterocycles. The van der Waals surface area contributed by atoms with E-state index in [-0.39, 0.29) is 35.8 Å². The SMILES string of the molecule is CN=C(NCc1cccc2cccnc12)NC1CCN(c2ccccc2OC(F)F)C1.I. The van der Waals surface area contributed by atoms with Crippen molar-refractivity contribution in [3.63, 3.8) is 0 Å². The van der Waals surface area contributed by atoms with Crippen molar-refractivity contribution < 1.29 is 13.5 Å². The maximum atomic E-state index is 12.7. The highest BCUT2D eigenvalue weighted by Crippen LogP contribution is 2.31. The second-order valence-electron chi connectivity index (χ2n) is 7.34. The Kier molecular flexibility index (Phi) is 8.43. The fourth-order valence-electron chi connectivity index (χ4n) is 3.89. The lowest BCUT2D eigenvalue weighted by molar-refractivity contribution is -0.0495. The second-order valence-corrected chi connectivity index (χ2v) is 7.34. The van der Waals surface area contributed by atoms with Gasteiger partial charge >= 0.3 is 6.61 Å². The summed E-state index contributed by atoms with van der Waals surface area (Å²) in [6.07, 6.45) is 2.65. The minimum absolute atomic E-state index is 0. The van der Waals surface area contributed by atoms with E-state index in [1.165, 1.54) is 0 Å². The van der Waals surface area contributed by atoms with Crippen molar-refractivity contribution in [2.75, 3.05) is 25.0 Å². The van der Waals surface area contributed by atoms with Crippen LogP contribution in [0.1, 0.15) is 12.0 Å². The van der Waals surface area contributed by atoms with Gasteiger partial charge in [-0.05, 0) is 30.2 Å². The Morgan fingerprint density at radius 1 is 1.19 bits per heavy atom. The van der Waals surface area contributed by atoms with E-state index >= 15 is 0 Å². The molecule has 0 radical (unpaired) electrons. The molecule has 0 saturated carbocycles. The van der Waals surface area contributed by atoms with E-state index < -0.39 is 6.61 Å². The molecular formula is C23H26F2IN5O. The predicted molar refractivity (Wildman–Crippen MR) is 134 cm³/mol. The van der Waals surface area contributed by atoms with Gasteiger partial charge in [-0.3, -0.25) is 9.98 Å². The first-order valence-corrected chi connectivity index (χ1v) is 10.2. The largest absolute Gasteiger partial charge is 0.433 e. The number of fused-ring (bicyclic) bond motifs is 1.